The highest BCUT2D eigenvalue weighted by atomic mass is 19.4. The van der Waals surface area contributed by atoms with Gasteiger partial charge in [-0.05, 0) is 36.4 Å². The van der Waals surface area contributed by atoms with Crippen LogP contribution < -0.4 is 4.74 Å². The van der Waals surface area contributed by atoms with Crippen molar-refractivity contribution in [3.63, 3.8) is 0 Å². The molecule has 0 atom stereocenters. The molecule has 2 aromatic rings. The number of hydrogen-bond acceptors (Lipinski definition) is 3. The number of fused-ring (bicyclic) bond motifs is 1. The van der Waals surface area contributed by atoms with Crippen LogP contribution in [0.15, 0.2) is 42.5 Å². The van der Waals surface area contributed by atoms with Gasteiger partial charge >= 0.3 is 12.5 Å². The van der Waals surface area contributed by atoms with Crippen molar-refractivity contribution < 1.29 is 40.6 Å². The number of carbonyl (C=O) groups excluding carboxylic acids is 1. The first-order valence-electron chi connectivity index (χ1n) is 6.94. The Morgan fingerprint density at radius 2 is 1.54 bits per heavy atom. The lowest BCUT2D eigenvalue weighted by atomic mass is 10.0. The Morgan fingerprint density at radius 3 is 2.08 bits per heavy atom. The maximum absolute atomic E-state index is 12.8. The normalized spacial score (nSPS) is 14.6. The highest BCUT2D eigenvalue weighted by Crippen LogP contribution is 2.35. The highest BCUT2D eigenvalue weighted by Gasteiger charge is 2.40. The van der Waals surface area contributed by atoms with E-state index in [0.717, 1.165) is 30.3 Å². The summed E-state index contributed by atoms with van der Waals surface area (Å²) in [6.45, 7) is 0. The van der Waals surface area contributed by atoms with Gasteiger partial charge in [0.25, 0.3) is 11.5 Å². The van der Waals surface area contributed by atoms with E-state index in [0.29, 0.717) is 12.1 Å². The zero-order valence-electron chi connectivity index (χ0n) is 12.5. The molecular formula is C16H7F6NO3. The fraction of sp³-hybridized carbons (Fsp3) is 0.125. The number of carbonyl (C=O) groups is 1. The maximum atomic E-state index is 12.8. The summed E-state index contributed by atoms with van der Waals surface area (Å²) in [5.41, 5.74) is -2.33. The molecule has 2 aromatic carbocycles. The summed E-state index contributed by atoms with van der Waals surface area (Å²) in [6.07, 6.45) is -9.60. The number of nitrogens with zero attached hydrogens (tertiary/aromatic N) is 1. The van der Waals surface area contributed by atoms with Gasteiger partial charge in [-0.3, -0.25) is 4.79 Å². The van der Waals surface area contributed by atoms with Crippen LogP contribution in [0.25, 0.3) is 0 Å². The third kappa shape index (κ3) is 3.22. The minimum absolute atomic E-state index is 0.0516. The van der Waals surface area contributed by atoms with E-state index in [1.54, 1.807) is 0 Å². The minimum Gasteiger partial charge on any atom is -0.618 e. The largest absolute Gasteiger partial charge is 0.618 e. The van der Waals surface area contributed by atoms with Crippen LogP contribution in [0, 0.1) is 5.21 Å². The molecule has 4 nitrogen and oxygen atoms in total. The summed E-state index contributed by atoms with van der Waals surface area (Å²) in [7, 11) is 0. The van der Waals surface area contributed by atoms with Crippen LogP contribution in [0.4, 0.5) is 32.0 Å². The molecule has 0 aliphatic carbocycles. The predicted molar refractivity (Wildman–Crippen MR) is 76.3 cm³/mol. The SMILES string of the molecule is O=C1C(c2ccc(OC(F)(F)F)cc2)=[N+]([O-])c2ccc(C(F)(F)F)cc21. The summed E-state index contributed by atoms with van der Waals surface area (Å²) < 4.78 is 78.6. The molecule has 0 fully saturated rings. The number of benzene rings is 2. The van der Waals surface area contributed by atoms with Crippen LogP contribution in [-0.2, 0) is 6.18 Å². The van der Waals surface area contributed by atoms with Gasteiger partial charge in [-0.25, -0.2) is 0 Å². The molecule has 26 heavy (non-hydrogen) atoms. The van der Waals surface area contributed by atoms with Crippen LogP contribution in [0.1, 0.15) is 21.5 Å². The monoisotopic (exact) mass is 375 g/mol. The summed E-state index contributed by atoms with van der Waals surface area (Å²) in [4.78, 5) is 12.3. The van der Waals surface area contributed by atoms with Crippen molar-refractivity contribution in [2.45, 2.75) is 12.5 Å². The maximum Gasteiger partial charge on any atom is 0.573 e. The van der Waals surface area contributed by atoms with Crippen molar-refractivity contribution in [1.29, 1.82) is 0 Å². The number of alkyl halides is 6. The molecule has 0 aromatic heterocycles. The number of halogens is 6. The first-order valence-corrected chi connectivity index (χ1v) is 6.94. The van der Waals surface area contributed by atoms with Crippen LogP contribution in [0.2, 0.25) is 0 Å². The zero-order chi connectivity index (χ0) is 19.3. The van der Waals surface area contributed by atoms with Gasteiger partial charge in [0, 0.05) is 6.07 Å². The average molecular weight is 375 g/mol. The standard InChI is InChI=1S/C16H7F6NO3/c17-15(18,19)9-3-6-12-11(7-9)14(24)13(23(12)25)8-1-4-10(5-2-8)26-16(20,21)22/h1-7H. The molecule has 3 rings (SSSR count). The Hall–Kier alpha value is -3.04. The Kier molecular flexibility index (Phi) is 3.93. The lowest BCUT2D eigenvalue weighted by Gasteiger charge is -2.08. The number of ether oxygens (including phenoxy) is 1. The van der Waals surface area contributed by atoms with Gasteiger partial charge in [0.2, 0.25) is 5.69 Å². The van der Waals surface area contributed by atoms with Crippen molar-refractivity contribution in [3.8, 4) is 5.75 Å². The molecule has 0 saturated heterocycles. The third-order valence-corrected chi connectivity index (χ3v) is 3.57. The Balaban J connectivity index is 1.97. The summed E-state index contributed by atoms with van der Waals surface area (Å²) in [5, 5.41) is 12.2. The molecule has 136 valence electrons. The fourth-order valence-electron chi connectivity index (χ4n) is 2.47. The van der Waals surface area contributed by atoms with Crippen LogP contribution in [-0.4, -0.2) is 22.6 Å². The van der Waals surface area contributed by atoms with Gasteiger partial charge in [0.15, 0.2) is 0 Å². The van der Waals surface area contributed by atoms with Gasteiger partial charge in [-0.15, -0.1) is 13.2 Å². The molecule has 0 amide bonds. The lowest BCUT2D eigenvalue weighted by Crippen LogP contribution is -2.18. The van der Waals surface area contributed by atoms with Crippen molar-refractivity contribution >= 4 is 17.2 Å². The number of ketones is 1. The number of hydrogen-bond donors (Lipinski definition) is 0. The van der Waals surface area contributed by atoms with Gasteiger partial charge in [0.1, 0.15) is 11.3 Å². The van der Waals surface area contributed by atoms with Crippen LogP contribution in [0.5, 0.6) is 5.75 Å². The van der Waals surface area contributed by atoms with E-state index in [-0.39, 0.29) is 16.0 Å². The van der Waals surface area contributed by atoms with Crippen molar-refractivity contribution in [3.05, 3.63) is 64.4 Å². The van der Waals surface area contributed by atoms with E-state index in [1.165, 1.54) is 0 Å². The summed E-state index contributed by atoms with van der Waals surface area (Å²) in [5.74, 6) is -1.52. The molecule has 1 heterocycles. The molecule has 0 spiro atoms. The van der Waals surface area contributed by atoms with E-state index in [2.05, 4.69) is 4.74 Å². The van der Waals surface area contributed by atoms with Crippen molar-refractivity contribution in [2.75, 3.05) is 0 Å². The van der Waals surface area contributed by atoms with E-state index in [1.807, 2.05) is 0 Å². The van der Waals surface area contributed by atoms with Gasteiger partial charge < -0.3 is 9.94 Å². The molecule has 1 aliphatic rings. The smallest absolute Gasteiger partial charge is 0.573 e. The summed E-state index contributed by atoms with van der Waals surface area (Å²) >= 11 is 0. The van der Waals surface area contributed by atoms with Gasteiger partial charge in [0.05, 0.1) is 11.1 Å². The molecule has 0 unspecified atom stereocenters. The van der Waals surface area contributed by atoms with E-state index in [4.69, 9.17) is 0 Å². The lowest BCUT2D eigenvalue weighted by molar-refractivity contribution is -0.355. The first-order chi connectivity index (χ1) is 12.0. The van der Waals surface area contributed by atoms with Crippen LogP contribution in [0.3, 0.4) is 0 Å². The van der Waals surface area contributed by atoms with Gasteiger partial charge in [-0.2, -0.15) is 17.9 Å². The number of rotatable bonds is 2. The fourth-order valence-corrected chi connectivity index (χ4v) is 2.47. The van der Waals surface area contributed by atoms with Crippen molar-refractivity contribution in [1.82, 2.24) is 0 Å². The molecular weight excluding hydrogens is 368 g/mol. The molecule has 0 saturated carbocycles. The molecule has 0 bridgehead atoms. The van der Waals surface area contributed by atoms with Crippen LogP contribution >= 0.6 is 0 Å². The highest BCUT2D eigenvalue weighted by molar-refractivity contribution is 6.52. The zero-order valence-corrected chi connectivity index (χ0v) is 12.5. The first kappa shape index (κ1) is 17.8. The van der Waals surface area contributed by atoms with E-state index < -0.39 is 40.9 Å². The second-order valence-electron chi connectivity index (χ2n) is 5.27. The molecule has 0 radical (unpaired) electrons. The minimum atomic E-state index is -4.91. The topological polar surface area (TPSA) is 52.4 Å². The Bertz CT molecular complexity index is 913. The Morgan fingerprint density at radius 1 is 0.923 bits per heavy atom. The molecule has 1 aliphatic heterocycles. The predicted octanol–water partition coefficient (Wildman–Crippen LogP) is 4.43. The second kappa shape index (κ2) is 5.75. The Labute approximate surface area is 141 Å². The van der Waals surface area contributed by atoms with E-state index in [9.17, 15) is 36.3 Å². The second-order valence-corrected chi connectivity index (χ2v) is 5.27. The number of Topliss-reactive ketones (excluding diaryl/α,β-unsaturated/α-hetero) is 1. The third-order valence-electron chi connectivity index (χ3n) is 3.57. The quantitative estimate of drug-likeness (QED) is 0.443. The van der Waals surface area contributed by atoms with Crippen molar-refractivity contribution in [2.24, 2.45) is 0 Å². The van der Waals surface area contributed by atoms with E-state index >= 15 is 0 Å². The summed E-state index contributed by atoms with van der Waals surface area (Å²) in [6, 6.07) is 5.96. The van der Waals surface area contributed by atoms with Gasteiger partial charge in [-0.1, -0.05) is 0 Å². The molecule has 0 N–H and O–H groups in total. The molecule has 10 heteroatoms. The average Bonchev–Trinajstić information content (AvgIpc) is 2.77.